The number of rotatable bonds is 10. The van der Waals surface area contributed by atoms with Crippen molar-refractivity contribution in [3.63, 3.8) is 0 Å². The van der Waals surface area contributed by atoms with Gasteiger partial charge in [-0.3, -0.25) is 0 Å². The molecule has 0 aliphatic rings. The minimum atomic E-state index is -0.355. The molecule has 17 heavy (non-hydrogen) atoms. The first-order valence-corrected chi connectivity index (χ1v) is 5.70. The Bertz CT molecular complexity index is 248. The van der Waals surface area contributed by atoms with E-state index in [1.165, 1.54) is 0 Å². The summed E-state index contributed by atoms with van der Waals surface area (Å²) < 4.78 is 15.6. The van der Waals surface area contributed by atoms with E-state index in [0.29, 0.717) is 38.4 Å². The molecule has 4 heteroatoms. The highest BCUT2D eigenvalue weighted by molar-refractivity contribution is 5.86. The summed E-state index contributed by atoms with van der Waals surface area (Å²) in [6, 6.07) is 0. The zero-order valence-electron chi connectivity index (χ0n) is 10.7. The number of esters is 1. The second kappa shape index (κ2) is 10.1. The summed E-state index contributed by atoms with van der Waals surface area (Å²) in [7, 11) is 0. The monoisotopic (exact) mass is 242 g/mol. The smallest absolute Gasteiger partial charge is 0.333 e. The van der Waals surface area contributed by atoms with Crippen LogP contribution in [0.5, 0.6) is 0 Å². The van der Waals surface area contributed by atoms with E-state index in [0.717, 1.165) is 0 Å². The molecule has 0 amide bonds. The van der Waals surface area contributed by atoms with Crippen molar-refractivity contribution in [2.24, 2.45) is 0 Å². The van der Waals surface area contributed by atoms with Gasteiger partial charge in [0.15, 0.2) is 0 Å². The van der Waals surface area contributed by atoms with Gasteiger partial charge in [-0.15, -0.1) is 6.58 Å². The van der Waals surface area contributed by atoms with Gasteiger partial charge < -0.3 is 14.2 Å². The molecule has 0 spiro atoms. The summed E-state index contributed by atoms with van der Waals surface area (Å²) in [4.78, 5) is 11.1. The van der Waals surface area contributed by atoms with Crippen molar-refractivity contribution in [2.45, 2.75) is 26.4 Å². The van der Waals surface area contributed by atoms with E-state index in [2.05, 4.69) is 13.2 Å². The first-order chi connectivity index (χ1) is 8.07. The highest BCUT2D eigenvalue weighted by atomic mass is 16.5. The van der Waals surface area contributed by atoms with Crippen molar-refractivity contribution in [1.29, 1.82) is 0 Å². The summed E-state index contributed by atoms with van der Waals surface area (Å²) in [5, 5.41) is 0. The number of carbonyl (C=O) groups excluding carboxylic acids is 1. The summed E-state index contributed by atoms with van der Waals surface area (Å²) in [6.45, 7) is 12.6. The van der Waals surface area contributed by atoms with Crippen molar-refractivity contribution < 1.29 is 19.0 Å². The zero-order valence-corrected chi connectivity index (χ0v) is 10.7. The van der Waals surface area contributed by atoms with E-state index in [1.807, 2.05) is 6.92 Å². The molecule has 0 fully saturated rings. The second-order valence-electron chi connectivity index (χ2n) is 3.75. The van der Waals surface area contributed by atoms with Gasteiger partial charge >= 0.3 is 5.97 Å². The first-order valence-electron chi connectivity index (χ1n) is 5.70. The van der Waals surface area contributed by atoms with Gasteiger partial charge in [0, 0.05) is 12.0 Å². The molecule has 0 aromatic heterocycles. The number of carbonyl (C=O) groups is 1. The van der Waals surface area contributed by atoms with E-state index >= 15 is 0 Å². The Balaban J connectivity index is 3.40. The fraction of sp³-hybridized carbons (Fsp3) is 0.615. The molecule has 0 radical (unpaired) electrons. The predicted octanol–water partition coefficient (Wildman–Crippen LogP) is 2.10. The van der Waals surface area contributed by atoms with Crippen molar-refractivity contribution in [1.82, 2.24) is 0 Å². The van der Waals surface area contributed by atoms with E-state index < -0.39 is 0 Å². The SMILES string of the molecule is C=CCOCCOC(C)CCOC(=O)C(=C)C. The van der Waals surface area contributed by atoms with E-state index in [-0.39, 0.29) is 12.1 Å². The van der Waals surface area contributed by atoms with Gasteiger partial charge in [-0.2, -0.15) is 0 Å². The summed E-state index contributed by atoms with van der Waals surface area (Å²) in [5.74, 6) is -0.355. The Morgan fingerprint density at radius 1 is 1.35 bits per heavy atom. The van der Waals surface area contributed by atoms with Crippen molar-refractivity contribution in [3.8, 4) is 0 Å². The predicted molar refractivity (Wildman–Crippen MR) is 66.8 cm³/mol. The molecule has 0 aliphatic heterocycles. The molecule has 98 valence electrons. The largest absolute Gasteiger partial charge is 0.462 e. The molecular formula is C13H22O4. The van der Waals surface area contributed by atoms with Gasteiger partial charge in [0.1, 0.15) is 0 Å². The standard InChI is InChI=1S/C13H22O4/c1-5-7-15-9-10-16-12(4)6-8-17-13(14)11(2)3/h5,12H,1-2,6-10H2,3-4H3. The molecule has 0 aromatic rings. The Labute approximate surface area is 103 Å². The van der Waals surface area contributed by atoms with Gasteiger partial charge in [0.25, 0.3) is 0 Å². The minimum absolute atomic E-state index is 0.0419. The molecule has 1 atom stereocenters. The number of ether oxygens (including phenoxy) is 3. The first kappa shape index (κ1) is 15.9. The molecular weight excluding hydrogens is 220 g/mol. The highest BCUT2D eigenvalue weighted by Gasteiger charge is 2.06. The molecule has 0 saturated heterocycles. The van der Waals surface area contributed by atoms with Crippen LogP contribution in [0.15, 0.2) is 24.8 Å². The van der Waals surface area contributed by atoms with Gasteiger partial charge in [-0.05, 0) is 13.8 Å². The Kier molecular flexibility index (Phi) is 9.38. The molecule has 4 nitrogen and oxygen atoms in total. The van der Waals surface area contributed by atoms with E-state index in [9.17, 15) is 4.79 Å². The summed E-state index contributed by atoms with van der Waals surface area (Å²) in [6.07, 6.45) is 2.40. The van der Waals surface area contributed by atoms with Crippen LogP contribution in [-0.4, -0.2) is 38.5 Å². The van der Waals surface area contributed by atoms with Gasteiger partial charge in [-0.25, -0.2) is 4.79 Å². The Morgan fingerprint density at radius 2 is 2.06 bits per heavy atom. The Hall–Kier alpha value is -1.13. The van der Waals surface area contributed by atoms with Crippen molar-refractivity contribution in [3.05, 3.63) is 24.8 Å². The van der Waals surface area contributed by atoms with Crippen LogP contribution in [0.3, 0.4) is 0 Å². The molecule has 0 N–H and O–H groups in total. The summed E-state index contributed by atoms with van der Waals surface area (Å²) in [5.41, 5.74) is 0.413. The third-order valence-corrected chi connectivity index (χ3v) is 1.97. The quantitative estimate of drug-likeness (QED) is 0.255. The fourth-order valence-corrected chi connectivity index (χ4v) is 0.999. The number of hydrogen-bond donors (Lipinski definition) is 0. The maximum absolute atomic E-state index is 11.1. The zero-order chi connectivity index (χ0) is 13.1. The van der Waals surface area contributed by atoms with Crippen molar-refractivity contribution in [2.75, 3.05) is 26.4 Å². The lowest BCUT2D eigenvalue weighted by atomic mass is 10.3. The van der Waals surface area contributed by atoms with Crippen LogP contribution in [-0.2, 0) is 19.0 Å². The molecule has 0 bridgehead atoms. The molecule has 1 unspecified atom stereocenters. The topological polar surface area (TPSA) is 44.8 Å². The average Bonchev–Trinajstić information content (AvgIpc) is 2.28. The lowest BCUT2D eigenvalue weighted by Crippen LogP contribution is -2.16. The average molecular weight is 242 g/mol. The minimum Gasteiger partial charge on any atom is -0.462 e. The maximum Gasteiger partial charge on any atom is 0.333 e. The van der Waals surface area contributed by atoms with E-state index in [1.54, 1.807) is 13.0 Å². The molecule has 0 aliphatic carbocycles. The van der Waals surface area contributed by atoms with Gasteiger partial charge in [-0.1, -0.05) is 12.7 Å². The second-order valence-corrected chi connectivity index (χ2v) is 3.75. The molecule has 0 rings (SSSR count). The third-order valence-electron chi connectivity index (χ3n) is 1.97. The molecule has 0 saturated carbocycles. The van der Waals surface area contributed by atoms with Crippen LogP contribution in [0, 0.1) is 0 Å². The van der Waals surface area contributed by atoms with Crippen LogP contribution in [0.25, 0.3) is 0 Å². The van der Waals surface area contributed by atoms with Crippen LogP contribution in [0.4, 0.5) is 0 Å². The lowest BCUT2D eigenvalue weighted by Gasteiger charge is -2.13. The van der Waals surface area contributed by atoms with Crippen LogP contribution in [0.1, 0.15) is 20.3 Å². The van der Waals surface area contributed by atoms with Crippen LogP contribution < -0.4 is 0 Å². The lowest BCUT2D eigenvalue weighted by molar-refractivity contribution is -0.139. The third kappa shape index (κ3) is 9.78. The highest BCUT2D eigenvalue weighted by Crippen LogP contribution is 2.00. The molecule has 0 aromatic carbocycles. The maximum atomic E-state index is 11.1. The normalized spacial score (nSPS) is 11.9. The van der Waals surface area contributed by atoms with Gasteiger partial charge in [0.05, 0.1) is 32.5 Å². The van der Waals surface area contributed by atoms with Gasteiger partial charge in [0.2, 0.25) is 0 Å². The van der Waals surface area contributed by atoms with Crippen LogP contribution in [0.2, 0.25) is 0 Å². The molecule has 0 heterocycles. The van der Waals surface area contributed by atoms with E-state index in [4.69, 9.17) is 14.2 Å². The number of hydrogen-bond acceptors (Lipinski definition) is 4. The van der Waals surface area contributed by atoms with Crippen LogP contribution >= 0.6 is 0 Å². The fourth-order valence-electron chi connectivity index (χ4n) is 0.999. The van der Waals surface area contributed by atoms with Crippen molar-refractivity contribution >= 4 is 5.97 Å². The Morgan fingerprint density at radius 3 is 2.65 bits per heavy atom. The summed E-state index contributed by atoms with van der Waals surface area (Å²) >= 11 is 0.